The van der Waals surface area contributed by atoms with Crippen molar-refractivity contribution in [2.24, 2.45) is 11.8 Å². The summed E-state index contributed by atoms with van der Waals surface area (Å²) in [5.41, 5.74) is 2.67. The first kappa shape index (κ1) is 20.8. The third-order valence-corrected chi connectivity index (χ3v) is 5.86. The number of ether oxygens (including phenoxy) is 1. The number of nitrogens with one attached hydrogen (secondary N) is 1. The van der Waals surface area contributed by atoms with Crippen LogP contribution in [0.3, 0.4) is 0 Å². The lowest BCUT2D eigenvalue weighted by atomic mass is 9.81. The minimum absolute atomic E-state index is 0.297. The van der Waals surface area contributed by atoms with Gasteiger partial charge >= 0.3 is 5.97 Å². The van der Waals surface area contributed by atoms with Crippen LogP contribution in [0.4, 0.5) is 5.69 Å². The second-order valence-electron chi connectivity index (χ2n) is 7.91. The predicted molar refractivity (Wildman–Crippen MR) is 114 cm³/mol. The van der Waals surface area contributed by atoms with Crippen LogP contribution in [-0.2, 0) is 23.9 Å². The number of rotatable bonds is 6. The zero-order chi connectivity index (χ0) is 21.8. The van der Waals surface area contributed by atoms with Crippen molar-refractivity contribution in [1.82, 2.24) is 4.90 Å². The topological polar surface area (TPSA) is 92.8 Å². The van der Waals surface area contributed by atoms with Gasteiger partial charge in [-0.15, -0.1) is 0 Å². The minimum atomic E-state index is -0.769. The Morgan fingerprint density at radius 3 is 2.06 bits per heavy atom. The lowest BCUT2D eigenvalue weighted by molar-refractivity contribution is -0.154. The normalized spacial score (nSPS) is 20.3. The summed E-state index contributed by atoms with van der Waals surface area (Å²) in [4.78, 5) is 50.0. The van der Waals surface area contributed by atoms with Gasteiger partial charge in [0, 0.05) is 5.69 Å². The molecule has 1 saturated carbocycles. The summed E-state index contributed by atoms with van der Waals surface area (Å²) in [6.07, 6.45) is 3.22. The van der Waals surface area contributed by atoms with Crippen molar-refractivity contribution in [2.75, 3.05) is 18.5 Å². The summed E-state index contributed by atoms with van der Waals surface area (Å²) < 4.78 is 4.98. The molecule has 7 heteroatoms. The van der Waals surface area contributed by atoms with Crippen molar-refractivity contribution >= 4 is 29.4 Å². The molecule has 1 saturated heterocycles. The molecule has 3 amide bonds. The van der Waals surface area contributed by atoms with E-state index in [9.17, 15) is 19.2 Å². The number of nitrogens with zero attached hydrogens (tertiary/aromatic N) is 1. The molecule has 0 bridgehead atoms. The van der Waals surface area contributed by atoms with E-state index in [1.165, 1.54) is 0 Å². The molecule has 2 atom stereocenters. The second kappa shape index (κ2) is 9.12. The number of likely N-dealkylation sites (tertiary alicyclic amines) is 1. The first-order valence-electron chi connectivity index (χ1n) is 10.5. The van der Waals surface area contributed by atoms with E-state index in [0.717, 1.165) is 28.9 Å². The maximum atomic E-state index is 12.4. The van der Waals surface area contributed by atoms with Crippen LogP contribution in [0.1, 0.15) is 25.7 Å². The Hall–Kier alpha value is -3.48. The van der Waals surface area contributed by atoms with Crippen molar-refractivity contribution in [3.05, 3.63) is 54.6 Å². The first-order valence-corrected chi connectivity index (χ1v) is 10.5. The lowest BCUT2D eigenvalue weighted by Crippen LogP contribution is -2.37. The molecule has 4 rings (SSSR count). The van der Waals surface area contributed by atoms with Crippen LogP contribution in [-0.4, -0.2) is 41.7 Å². The number of anilines is 1. The summed E-state index contributed by atoms with van der Waals surface area (Å²) in [5, 5.41) is 2.66. The molecule has 0 radical (unpaired) electrons. The summed E-state index contributed by atoms with van der Waals surface area (Å²) in [6.45, 7) is -0.925. The van der Waals surface area contributed by atoms with E-state index in [2.05, 4.69) is 5.32 Å². The molecule has 1 N–H and O–H groups in total. The van der Waals surface area contributed by atoms with Gasteiger partial charge in [-0.05, 0) is 36.1 Å². The summed E-state index contributed by atoms with van der Waals surface area (Å²) in [5.74, 6) is -2.47. The molecule has 7 nitrogen and oxygen atoms in total. The molecule has 1 aliphatic carbocycles. The average Bonchev–Trinajstić information content (AvgIpc) is 3.04. The Morgan fingerprint density at radius 1 is 0.871 bits per heavy atom. The van der Waals surface area contributed by atoms with Crippen LogP contribution in [0.5, 0.6) is 0 Å². The average molecular weight is 420 g/mol. The zero-order valence-corrected chi connectivity index (χ0v) is 17.1. The number of imide groups is 1. The van der Waals surface area contributed by atoms with Crippen molar-refractivity contribution in [3.8, 4) is 11.1 Å². The van der Waals surface area contributed by atoms with E-state index in [1.54, 1.807) is 12.1 Å². The van der Waals surface area contributed by atoms with Gasteiger partial charge < -0.3 is 10.1 Å². The van der Waals surface area contributed by atoms with Gasteiger partial charge in [-0.25, -0.2) is 0 Å². The molecule has 0 spiro atoms. The van der Waals surface area contributed by atoms with Crippen molar-refractivity contribution in [3.63, 3.8) is 0 Å². The highest BCUT2D eigenvalue weighted by molar-refractivity contribution is 6.07. The highest BCUT2D eigenvalue weighted by Crippen LogP contribution is 2.37. The minimum Gasteiger partial charge on any atom is -0.454 e. The maximum Gasteiger partial charge on any atom is 0.326 e. The Labute approximate surface area is 180 Å². The summed E-state index contributed by atoms with van der Waals surface area (Å²) in [7, 11) is 0. The van der Waals surface area contributed by atoms with Crippen molar-refractivity contribution in [2.45, 2.75) is 25.7 Å². The van der Waals surface area contributed by atoms with E-state index in [0.29, 0.717) is 18.5 Å². The maximum absolute atomic E-state index is 12.4. The van der Waals surface area contributed by atoms with Gasteiger partial charge in [-0.2, -0.15) is 0 Å². The summed E-state index contributed by atoms with van der Waals surface area (Å²) in [6, 6.07) is 17.2. The number of carbonyl (C=O) groups is 4. The quantitative estimate of drug-likeness (QED) is 0.573. The largest absolute Gasteiger partial charge is 0.454 e. The van der Waals surface area contributed by atoms with Crippen LogP contribution < -0.4 is 5.32 Å². The number of esters is 1. The van der Waals surface area contributed by atoms with Gasteiger partial charge in [0.05, 0.1) is 11.8 Å². The van der Waals surface area contributed by atoms with Crippen LogP contribution >= 0.6 is 0 Å². The number of amides is 3. The standard InChI is InChI=1S/C24H24N2O5/c27-21(25-18-12-10-17(11-13-18)16-6-2-1-3-7-16)15-31-22(28)14-26-23(29)19-8-4-5-9-20(19)24(26)30/h1-3,6-7,10-13,19-20H,4-5,8-9,14-15H2,(H,25,27)/t19-,20-/m1/s1. The van der Waals surface area contributed by atoms with Gasteiger partial charge in [0.2, 0.25) is 11.8 Å². The first-order chi connectivity index (χ1) is 15.0. The van der Waals surface area contributed by atoms with Crippen LogP contribution in [0, 0.1) is 11.8 Å². The molecule has 2 fully saturated rings. The van der Waals surface area contributed by atoms with E-state index >= 15 is 0 Å². The molecule has 0 unspecified atom stereocenters. The van der Waals surface area contributed by atoms with Crippen LogP contribution in [0.2, 0.25) is 0 Å². The molecule has 160 valence electrons. The van der Waals surface area contributed by atoms with Crippen molar-refractivity contribution in [1.29, 1.82) is 0 Å². The molecular weight excluding hydrogens is 396 g/mol. The van der Waals surface area contributed by atoms with E-state index in [1.807, 2.05) is 42.5 Å². The van der Waals surface area contributed by atoms with Crippen LogP contribution in [0.15, 0.2) is 54.6 Å². The Bertz CT molecular complexity index is 963. The fraction of sp³-hybridized carbons (Fsp3) is 0.333. The second-order valence-corrected chi connectivity index (χ2v) is 7.91. The number of fused-ring (bicyclic) bond motifs is 1. The molecular formula is C24H24N2O5. The lowest BCUT2D eigenvalue weighted by Gasteiger charge is -2.19. The van der Waals surface area contributed by atoms with E-state index in [-0.39, 0.29) is 23.7 Å². The number of hydrogen-bond acceptors (Lipinski definition) is 5. The van der Waals surface area contributed by atoms with E-state index in [4.69, 9.17) is 4.74 Å². The van der Waals surface area contributed by atoms with Gasteiger partial charge in [0.15, 0.2) is 6.61 Å². The SMILES string of the molecule is O=C(COC(=O)CN1C(=O)[C@@H]2CCCC[C@H]2C1=O)Nc1ccc(-c2ccccc2)cc1. The fourth-order valence-corrected chi connectivity index (χ4v) is 4.28. The molecule has 0 aromatic heterocycles. The molecule has 1 aliphatic heterocycles. The van der Waals surface area contributed by atoms with E-state index < -0.39 is 25.0 Å². The highest BCUT2D eigenvalue weighted by atomic mass is 16.5. The van der Waals surface area contributed by atoms with Gasteiger partial charge in [-0.3, -0.25) is 24.1 Å². The number of hydrogen-bond donors (Lipinski definition) is 1. The Kier molecular flexibility index (Phi) is 6.11. The molecule has 31 heavy (non-hydrogen) atoms. The third-order valence-electron chi connectivity index (χ3n) is 5.86. The smallest absolute Gasteiger partial charge is 0.326 e. The molecule has 2 aromatic rings. The fourth-order valence-electron chi connectivity index (χ4n) is 4.28. The van der Waals surface area contributed by atoms with Crippen molar-refractivity contribution < 1.29 is 23.9 Å². The van der Waals surface area contributed by atoms with Crippen LogP contribution in [0.25, 0.3) is 11.1 Å². The Balaban J connectivity index is 1.25. The summed E-state index contributed by atoms with van der Waals surface area (Å²) >= 11 is 0. The van der Waals surface area contributed by atoms with Gasteiger partial charge in [0.25, 0.3) is 5.91 Å². The number of carbonyl (C=O) groups excluding carboxylic acids is 4. The molecule has 1 heterocycles. The molecule has 2 aromatic carbocycles. The van der Waals surface area contributed by atoms with Gasteiger partial charge in [0.1, 0.15) is 6.54 Å². The highest BCUT2D eigenvalue weighted by Gasteiger charge is 2.48. The number of benzene rings is 2. The molecule has 2 aliphatic rings. The van der Waals surface area contributed by atoms with Gasteiger partial charge in [-0.1, -0.05) is 55.3 Å². The zero-order valence-electron chi connectivity index (χ0n) is 17.1. The third kappa shape index (κ3) is 4.66. The Morgan fingerprint density at radius 2 is 1.45 bits per heavy atom. The predicted octanol–water partition coefficient (Wildman–Crippen LogP) is 3.01. The monoisotopic (exact) mass is 420 g/mol.